The summed E-state index contributed by atoms with van der Waals surface area (Å²) in [4.78, 5) is 17.3. The number of halogens is 1. The molecule has 1 fully saturated rings. The minimum absolute atomic E-state index is 0.189. The minimum atomic E-state index is -0.966. The van der Waals surface area contributed by atoms with Gasteiger partial charge < -0.3 is 10.6 Å². The molecule has 5 heteroatoms. The van der Waals surface area contributed by atoms with Crippen LogP contribution < -0.4 is 10.6 Å². The molecule has 2 heterocycles. The lowest BCUT2D eigenvalue weighted by atomic mass is 9.96. The third kappa shape index (κ3) is 4.10. The molecule has 1 aliphatic heterocycles. The Morgan fingerprint density at radius 2 is 2.04 bits per heavy atom. The van der Waals surface area contributed by atoms with Crippen molar-refractivity contribution in [3.8, 4) is 0 Å². The molecule has 2 aromatic rings. The topological polar surface area (TPSA) is 54.0 Å². The van der Waals surface area contributed by atoms with E-state index < -0.39 is 12.2 Å². The standard InChI is InChI=1S/C21H26FN3O/c1-13(2)17-12-24-18(9-14(17)3)20(15-7-5-4-6-8-15)25-21(26)19-10-16(22)11-23-19/h4-9,12-13,16,19-20,23H,10-11H2,1-3H3,(H,25,26)/t16?,19?,20-/m0/s1. The van der Waals surface area contributed by atoms with Crippen LogP contribution in [0.15, 0.2) is 42.6 Å². The number of hydrogen-bond donors (Lipinski definition) is 2. The van der Waals surface area contributed by atoms with E-state index in [1.807, 2.05) is 42.6 Å². The van der Waals surface area contributed by atoms with Crippen LogP contribution in [0.1, 0.15) is 54.6 Å². The number of benzene rings is 1. The van der Waals surface area contributed by atoms with Crippen LogP contribution >= 0.6 is 0 Å². The number of alkyl halides is 1. The summed E-state index contributed by atoms with van der Waals surface area (Å²) in [5.74, 6) is 0.205. The second-order valence-corrected chi connectivity index (χ2v) is 7.27. The summed E-state index contributed by atoms with van der Waals surface area (Å²) in [5.41, 5.74) is 4.11. The Bertz CT molecular complexity index is 763. The second-order valence-electron chi connectivity index (χ2n) is 7.27. The zero-order valence-corrected chi connectivity index (χ0v) is 15.5. The van der Waals surface area contributed by atoms with Gasteiger partial charge in [0.05, 0.1) is 17.8 Å². The average Bonchev–Trinajstić information content (AvgIpc) is 3.06. The van der Waals surface area contributed by atoms with Crippen molar-refractivity contribution in [3.05, 3.63) is 65.0 Å². The summed E-state index contributed by atoms with van der Waals surface area (Å²) in [5, 5.41) is 6.00. The van der Waals surface area contributed by atoms with Gasteiger partial charge in [-0.2, -0.15) is 0 Å². The van der Waals surface area contributed by atoms with Gasteiger partial charge in [-0.25, -0.2) is 4.39 Å². The van der Waals surface area contributed by atoms with Gasteiger partial charge in [0.25, 0.3) is 0 Å². The molecule has 1 aromatic carbocycles. The summed E-state index contributed by atoms with van der Waals surface area (Å²) in [6, 6.07) is 10.9. The molecule has 26 heavy (non-hydrogen) atoms. The van der Waals surface area contributed by atoms with Crippen molar-refractivity contribution in [3.63, 3.8) is 0 Å². The molecule has 1 aliphatic rings. The van der Waals surface area contributed by atoms with Gasteiger partial charge in [-0.1, -0.05) is 44.2 Å². The molecule has 0 bridgehead atoms. The van der Waals surface area contributed by atoms with Crippen molar-refractivity contribution in [1.82, 2.24) is 15.6 Å². The summed E-state index contributed by atoms with van der Waals surface area (Å²) >= 11 is 0. The van der Waals surface area contributed by atoms with E-state index >= 15 is 0 Å². The highest BCUT2D eigenvalue weighted by Crippen LogP contribution is 2.25. The Labute approximate surface area is 154 Å². The Hall–Kier alpha value is -2.27. The van der Waals surface area contributed by atoms with Gasteiger partial charge in [0, 0.05) is 19.2 Å². The Morgan fingerprint density at radius 1 is 1.31 bits per heavy atom. The molecule has 1 saturated heterocycles. The van der Waals surface area contributed by atoms with Crippen LogP contribution in [0.25, 0.3) is 0 Å². The van der Waals surface area contributed by atoms with E-state index in [-0.39, 0.29) is 24.9 Å². The fourth-order valence-electron chi connectivity index (χ4n) is 3.46. The lowest BCUT2D eigenvalue weighted by molar-refractivity contribution is -0.123. The Kier molecular flexibility index (Phi) is 5.67. The summed E-state index contributed by atoms with van der Waals surface area (Å²) in [6.45, 7) is 6.57. The summed E-state index contributed by atoms with van der Waals surface area (Å²) in [6.07, 6.45) is 1.14. The second kappa shape index (κ2) is 7.96. The monoisotopic (exact) mass is 355 g/mol. The molecular weight excluding hydrogens is 329 g/mol. The van der Waals surface area contributed by atoms with E-state index in [0.29, 0.717) is 5.92 Å². The molecule has 2 N–H and O–H groups in total. The molecule has 3 atom stereocenters. The fraction of sp³-hybridized carbons (Fsp3) is 0.429. The summed E-state index contributed by atoms with van der Waals surface area (Å²) < 4.78 is 13.4. The van der Waals surface area contributed by atoms with Gasteiger partial charge in [0.2, 0.25) is 5.91 Å². The van der Waals surface area contributed by atoms with Crippen molar-refractivity contribution in [2.24, 2.45) is 0 Å². The van der Waals surface area contributed by atoms with Crippen LogP contribution in [0, 0.1) is 6.92 Å². The molecule has 1 aromatic heterocycles. The van der Waals surface area contributed by atoms with Crippen LogP contribution in [0.3, 0.4) is 0 Å². The van der Waals surface area contributed by atoms with Crippen LogP contribution in [0.4, 0.5) is 4.39 Å². The fourth-order valence-corrected chi connectivity index (χ4v) is 3.46. The largest absolute Gasteiger partial charge is 0.342 e. The molecular formula is C21H26FN3O. The van der Waals surface area contributed by atoms with Crippen molar-refractivity contribution in [2.45, 2.75) is 51.4 Å². The van der Waals surface area contributed by atoms with E-state index in [4.69, 9.17) is 0 Å². The molecule has 1 amide bonds. The van der Waals surface area contributed by atoms with Crippen LogP contribution in [-0.2, 0) is 4.79 Å². The number of rotatable bonds is 5. The molecule has 2 unspecified atom stereocenters. The number of nitrogens with one attached hydrogen (secondary N) is 2. The van der Waals surface area contributed by atoms with E-state index in [9.17, 15) is 9.18 Å². The number of carbonyl (C=O) groups is 1. The molecule has 138 valence electrons. The SMILES string of the molecule is Cc1cc([C@@H](NC(=O)C2CC(F)CN2)c2ccccc2)ncc1C(C)C. The minimum Gasteiger partial charge on any atom is -0.342 e. The molecule has 0 spiro atoms. The van der Waals surface area contributed by atoms with Crippen molar-refractivity contribution < 1.29 is 9.18 Å². The van der Waals surface area contributed by atoms with Gasteiger partial charge >= 0.3 is 0 Å². The van der Waals surface area contributed by atoms with Gasteiger partial charge in [-0.3, -0.25) is 9.78 Å². The molecule has 0 radical (unpaired) electrons. The maximum atomic E-state index is 13.4. The predicted octanol–water partition coefficient (Wildman–Crippen LogP) is 3.42. The van der Waals surface area contributed by atoms with E-state index in [1.165, 1.54) is 5.56 Å². The van der Waals surface area contributed by atoms with Crippen LogP contribution in [0.5, 0.6) is 0 Å². The van der Waals surface area contributed by atoms with Crippen molar-refractivity contribution in [1.29, 1.82) is 0 Å². The Balaban J connectivity index is 1.89. The van der Waals surface area contributed by atoms with Crippen molar-refractivity contribution >= 4 is 5.91 Å². The smallest absolute Gasteiger partial charge is 0.238 e. The third-order valence-electron chi connectivity index (χ3n) is 4.90. The van der Waals surface area contributed by atoms with Gasteiger partial charge in [0.1, 0.15) is 6.17 Å². The average molecular weight is 355 g/mol. The third-order valence-corrected chi connectivity index (χ3v) is 4.90. The first kappa shape index (κ1) is 18.5. The van der Waals surface area contributed by atoms with Crippen LogP contribution in [-0.4, -0.2) is 29.6 Å². The first-order valence-electron chi connectivity index (χ1n) is 9.15. The lowest BCUT2D eigenvalue weighted by Gasteiger charge is -2.22. The normalized spacial score (nSPS) is 21.0. The number of aromatic nitrogens is 1. The van der Waals surface area contributed by atoms with E-state index in [0.717, 1.165) is 16.8 Å². The lowest BCUT2D eigenvalue weighted by Crippen LogP contribution is -2.42. The number of pyridine rings is 1. The van der Waals surface area contributed by atoms with Gasteiger partial charge in [-0.15, -0.1) is 0 Å². The zero-order valence-electron chi connectivity index (χ0n) is 15.5. The van der Waals surface area contributed by atoms with E-state index in [1.54, 1.807) is 0 Å². The quantitative estimate of drug-likeness (QED) is 0.864. The highest BCUT2D eigenvalue weighted by Gasteiger charge is 2.31. The highest BCUT2D eigenvalue weighted by molar-refractivity contribution is 5.83. The molecule has 4 nitrogen and oxygen atoms in total. The first-order chi connectivity index (χ1) is 12.5. The number of hydrogen-bond acceptors (Lipinski definition) is 3. The first-order valence-corrected chi connectivity index (χ1v) is 9.15. The number of amides is 1. The molecule has 0 aliphatic carbocycles. The number of nitrogens with zero attached hydrogens (tertiary/aromatic N) is 1. The summed E-state index contributed by atoms with van der Waals surface area (Å²) in [7, 11) is 0. The molecule has 3 rings (SSSR count). The Morgan fingerprint density at radius 3 is 2.62 bits per heavy atom. The van der Waals surface area contributed by atoms with Crippen molar-refractivity contribution in [2.75, 3.05) is 6.54 Å². The number of carbonyl (C=O) groups excluding carboxylic acids is 1. The predicted molar refractivity (Wildman–Crippen MR) is 101 cm³/mol. The van der Waals surface area contributed by atoms with Gasteiger partial charge in [0.15, 0.2) is 0 Å². The maximum absolute atomic E-state index is 13.4. The highest BCUT2D eigenvalue weighted by atomic mass is 19.1. The van der Waals surface area contributed by atoms with Gasteiger partial charge in [-0.05, 0) is 35.6 Å². The zero-order chi connectivity index (χ0) is 18.7. The maximum Gasteiger partial charge on any atom is 0.238 e. The van der Waals surface area contributed by atoms with E-state index in [2.05, 4.69) is 36.4 Å². The molecule has 0 saturated carbocycles. The van der Waals surface area contributed by atoms with Crippen LogP contribution in [0.2, 0.25) is 0 Å². The number of aryl methyl sites for hydroxylation is 1.